The van der Waals surface area contributed by atoms with Crippen LogP contribution >= 0.6 is 0 Å². The maximum atomic E-state index is 12.7. The van der Waals surface area contributed by atoms with Crippen molar-refractivity contribution in [2.45, 2.75) is 44.7 Å². The molecule has 6 nitrogen and oxygen atoms in total. The third-order valence-corrected chi connectivity index (χ3v) is 4.44. The molecular formula is C22H27N3O3. The van der Waals surface area contributed by atoms with Crippen molar-refractivity contribution in [3.05, 3.63) is 71.8 Å². The first kappa shape index (κ1) is 21.2. The number of carbonyl (C=O) groups is 3. The molecule has 0 aromatic heterocycles. The fourth-order valence-electron chi connectivity index (χ4n) is 3.02. The third-order valence-electron chi connectivity index (χ3n) is 4.44. The van der Waals surface area contributed by atoms with Crippen molar-refractivity contribution >= 4 is 17.7 Å². The van der Waals surface area contributed by atoms with Crippen molar-refractivity contribution in [1.29, 1.82) is 0 Å². The van der Waals surface area contributed by atoms with E-state index in [0.717, 1.165) is 17.5 Å². The predicted octanol–water partition coefficient (Wildman–Crippen LogP) is 1.73. The largest absolute Gasteiger partial charge is 0.368 e. The molecule has 0 aliphatic heterocycles. The minimum atomic E-state index is -0.775. The van der Waals surface area contributed by atoms with Crippen LogP contribution < -0.4 is 16.4 Å². The zero-order valence-corrected chi connectivity index (χ0v) is 16.1. The average molecular weight is 381 g/mol. The Morgan fingerprint density at radius 2 is 1.43 bits per heavy atom. The van der Waals surface area contributed by atoms with Crippen LogP contribution in [0.4, 0.5) is 0 Å². The zero-order valence-electron chi connectivity index (χ0n) is 16.1. The van der Waals surface area contributed by atoms with E-state index in [0.29, 0.717) is 19.3 Å². The Balaban J connectivity index is 1.96. The van der Waals surface area contributed by atoms with Crippen LogP contribution in [0.3, 0.4) is 0 Å². The molecule has 0 bridgehead atoms. The smallest absolute Gasteiger partial charge is 0.243 e. The van der Waals surface area contributed by atoms with Crippen molar-refractivity contribution in [3.63, 3.8) is 0 Å². The van der Waals surface area contributed by atoms with Crippen LogP contribution in [-0.4, -0.2) is 29.8 Å². The lowest BCUT2D eigenvalue weighted by Crippen LogP contribution is -2.53. The maximum Gasteiger partial charge on any atom is 0.243 e. The quantitative estimate of drug-likeness (QED) is 0.584. The minimum Gasteiger partial charge on any atom is -0.368 e. The topological polar surface area (TPSA) is 101 Å². The lowest BCUT2D eigenvalue weighted by atomic mass is 10.0. The first-order valence-corrected chi connectivity index (χ1v) is 9.40. The summed E-state index contributed by atoms with van der Waals surface area (Å²) in [5.74, 6) is -1.30. The van der Waals surface area contributed by atoms with Gasteiger partial charge in [0.25, 0.3) is 0 Å². The number of nitrogens with one attached hydrogen (secondary N) is 2. The second-order valence-electron chi connectivity index (χ2n) is 6.78. The van der Waals surface area contributed by atoms with E-state index in [1.807, 2.05) is 60.7 Å². The fraction of sp³-hybridized carbons (Fsp3) is 0.318. The Bertz CT molecular complexity index is 778. The van der Waals surface area contributed by atoms with Gasteiger partial charge in [-0.15, -0.1) is 0 Å². The standard InChI is InChI=1S/C22H27N3O3/c1-16(26)24-20(15-18-11-6-3-7-12-18)22(28)25-19(21(23)27)14-8-13-17-9-4-2-5-10-17/h2-7,9-12,19-20H,8,13-15H2,1H3,(H2,23,27)(H,24,26)(H,25,28)/t19-,20+/m1/s1. The highest BCUT2D eigenvalue weighted by molar-refractivity contribution is 5.91. The molecule has 0 unspecified atom stereocenters. The van der Waals surface area contributed by atoms with Gasteiger partial charge in [-0.05, 0) is 30.4 Å². The predicted molar refractivity (Wildman–Crippen MR) is 108 cm³/mol. The van der Waals surface area contributed by atoms with Gasteiger partial charge >= 0.3 is 0 Å². The molecular weight excluding hydrogens is 354 g/mol. The van der Waals surface area contributed by atoms with Gasteiger partial charge in [0.1, 0.15) is 12.1 Å². The van der Waals surface area contributed by atoms with Crippen LogP contribution in [0.1, 0.15) is 30.9 Å². The molecule has 2 aromatic carbocycles. The molecule has 0 aliphatic rings. The maximum absolute atomic E-state index is 12.7. The van der Waals surface area contributed by atoms with Crippen molar-refractivity contribution in [3.8, 4) is 0 Å². The van der Waals surface area contributed by atoms with Gasteiger partial charge in [0.05, 0.1) is 0 Å². The molecule has 3 amide bonds. The van der Waals surface area contributed by atoms with Crippen molar-refractivity contribution < 1.29 is 14.4 Å². The van der Waals surface area contributed by atoms with Crippen LogP contribution in [0.25, 0.3) is 0 Å². The molecule has 0 radical (unpaired) electrons. The van der Waals surface area contributed by atoms with E-state index in [2.05, 4.69) is 10.6 Å². The molecule has 0 saturated heterocycles. The van der Waals surface area contributed by atoms with E-state index >= 15 is 0 Å². The fourth-order valence-corrected chi connectivity index (χ4v) is 3.02. The molecule has 2 rings (SSSR count). The second kappa shape index (κ2) is 10.9. The summed E-state index contributed by atoms with van der Waals surface area (Å²) < 4.78 is 0. The number of carbonyl (C=O) groups excluding carboxylic acids is 3. The van der Waals surface area contributed by atoms with Crippen LogP contribution in [0.2, 0.25) is 0 Å². The number of amides is 3. The van der Waals surface area contributed by atoms with Crippen LogP contribution in [0, 0.1) is 0 Å². The Morgan fingerprint density at radius 1 is 0.857 bits per heavy atom. The molecule has 6 heteroatoms. The highest BCUT2D eigenvalue weighted by Crippen LogP contribution is 2.08. The zero-order chi connectivity index (χ0) is 20.4. The minimum absolute atomic E-state index is 0.309. The van der Waals surface area contributed by atoms with Gasteiger partial charge in [-0.25, -0.2) is 0 Å². The number of rotatable bonds is 10. The Labute approximate surface area is 165 Å². The van der Waals surface area contributed by atoms with Gasteiger partial charge in [0.2, 0.25) is 17.7 Å². The third kappa shape index (κ3) is 7.23. The van der Waals surface area contributed by atoms with Crippen molar-refractivity contribution in [2.75, 3.05) is 0 Å². The van der Waals surface area contributed by atoms with Crippen LogP contribution in [-0.2, 0) is 27.2 Å². The first-order chi connectivity index (χ1) is 13.5. The van der Waals surface area contributed by atoms with Gasteiger partial charge in [-0.1, -0.05) is 60.7 Å². The molecule has 148 valence electrons. The summed E-state index contributed by atoms with van der Waals surface area (Å²) in [6.45, 7) is 1.36. The lowest BCUT2D eigenvalue weighted by molar-refractivity contribution is -0.130. The first-order valence-electron chi connectivity index (χ1n) is 9.40. The summed E-state index contributed by atoms with van der Waals surface area (Å²) in [6, 6.07) is 17.8. The molecule has 0 spiro atoms. The normalized spacial score (nSPS) is 12.6. The number of hydrogen-bond acceptors (Lipinski definition) is 3. The molecule has 28 heavy (non-hydrogen) atoms. The monoisotopic (exact) mass is 381 g/mol. The van der Waals surface area contributed by atoms with Gasteiger partial charge in [-0.2, -0.15) is 0 Å². The molecule has 2 atom stereocenters. The molecule has 0 saturated carbocycles. The molecule has 0 aliphatic carbocycles. The van der Waals surface area contributed by atoms with Crippen LogP contribution in [0.5, 0.6) is 0 Å². The Morgan fingerprint density at radius 3 is 1.96 bits per heavy atom. The van der Waals surface area contributed by atoms with E-state index in [1.165, 1.54) is 6.92 Å². The van der Waals surface area contributed by atoms with Crippen LogP contribution in [0.15, 0.2) is 60.7 Å². The van der Waals surface area contributed by atoms with E-state index in [9.17, 15) is 14.4 Å². The number of hydrogen-bond donors (Lipinski definition) is 3. The van der Waals surface area contributed by atoms with Gasteiger partial charge in [0.15, 0.2) is 0 Å². The molecule has 0 heterocycles. The summed E-state index contributed by atoms with van der Waals surface area (Å²) in [5.41, 5.74) is 7.55. The van der Waals surface area contributed by atoms with E-state index in [4.69, 9.17) is 5.73 Å². The number of primary amides is 1. The number of nitrogens with two attached hydrogens (primary N) is 1. The summed E-state index contributed by atoms with van der Waals surface area (Å²) >= 11 is 0. The summed E-state index contributed by atoms with van der Waals surface area (Å²) in [6.07, 6.45) is 2.27. The summed E-state index contributed by atoms with van der Waals surface area (Å²) in [4.78, 5) is 36.0. The van der Waals surface area contributed by atoms with Crippen molar-refractivity contribution in [2.24, 2.45) is 5.73 Å². The summed E-state index contributed by atoms with van der Waals surface area (Å²) in [5, 5.41) is 5.35. The van der Waals surface area contributed by atoms with E-state index < -0.39 is 23.9 Å². The summed E-state index contributed by atoms with van der Waals surface area (Å²) in [7, 11) is 0. The highest BCUT2D eigenvalue weighted by Gasteiger charge is 2.25. The molecule has 0 fully saturated rings. The average Bonchev–Trinajstić information content (AvgIpc) is 2.67. The van der Waals surface area contributed by atoms with Gasteiger partial charge < -0.3 is 16.4 Å². The highest BCUT2D eigenvalue weighted by atomic mass is 16.2. The molecule has 4 N–H and O–H groups in total. The number of benzene rings is 2. The van der Waals surface area contributed by atoms with Gasteiger partial charge in [0, 0.05) is 13.3 Å². The Hall–Kier alpha value is -3.15. The molecule has 2 aromatic rings. The van der Waals surface area contributed by atoms with E-state index in [-0.39, 0.29) is 5.91 Å². The Kier molecular flexibility index (Phi) is 8.21. The van der Waals surface area contributed by atoms with E-state index in [1.54, 1.807) is 0 Å². The van der Waals surface area contributed by atoms with Crippen molar-refractivity contribution in [1.82, 2.24) is 10.6 Å². The van der Waals surface area contributed by atoms with Gasteiger partial charge in [-0.3, -0.25) is 14.4 Å². The SMILES string of the molecule is CC(=O)N[C@@H](Cc1ccccc1)C(=O)N[C@H](CCCc1ccccc1)C(N)=O. The number of aryl methyl sites for hydroxylation is 1. The lowest BCUT2D eigenvalue weighted by Gasteiger charge is -2.21. The second-order valence-corrected chi connectivity index (χ2v) is 6.78.